The Labute approximate surface area is 142 Å². The van der Waals surface area contributed by atoms with Crippen LogP contribution in [0.3, 0.4) is 0 Å². The predicted octanol–water partition coefficient (Wildman–Crippen LogP) is 3.62. The van der Waals surface area contributed by atoms with Gasteiger partial charge in [0.2, 0.25) is 5.91 Å². The zero-order chi connectivity index (χ0) is 15.3. The Balaban J connectivity index is 2.73. The summed E-state index contributed by atoms with van der Waals surface area (Å²) in [6.45, 7) is 3.92. The summed E-state index contributed by atoms with van der Waals surface area (Å²) >= 11 is 10.2. The molecule has 0 aliphatic carbocycles. The van der Waals surface area contributed by atoms with E-state index in [-0.39, 0.29) is 0 Å². The number of halogens is 3. The third-order valence-electron chi connectivity index (χ3n) is 2.34. The van der Waals surface area contributed by atoms with Gasteiger partial charge in [-0.2, -0.15) is 0 Å². The van der Waals surface area contributed by atoms with Gasteiger partial charge in [0.1, 0.15) is 6.04 Å². The van der Waals surface area contributed by atoms with E-state index in [1.807, 2.05) is 12.1 Å². The summed E-state index contributed by atoms with van der Waals surface area (Å²) < 4.78 is 2.51. The second kappa shape index (κ2) is 7.99. The molecule has 0 aliphatic heterocycles. The minimum atomic E-state index is -0.564. The normalized spacial score (nSPS) is 11.7. The van der Waals surface area contributed by atoms with E-state index in [4.69, 9.17) is 0 Å². The van der Waals surface area contributed by atoms with Gasteiger partial charge in [-0.15, -0.1) is 0 Å². The fourth-order valence-electron chi connectivity index (χ4n) is 1.39. The van der Waals surface area contributed by atoms with Crippen molar-refractivity contribution in [3.8, 4) is 0 Å². The molecule has 1 rings (SSSR count). The van der Waals surface area contributed by atoms with Crippen molar-refractivity contribution >= 4 is 65.4 Å². The first-order chi connectivity index (χ1) is 9.35. The smallest absolute Gasteiger partial charge is 0.321 e. The third-order valence-corrected chi connectivity index (χ3v) is 4.04. The van der Waals surface area contributed by atoms with E-state index in [9.17, 15) is 9.59 Å². The van der Waals surface area contributed by atoms with Crippen LogP contribution in [0.2, 0.25) is 0 Å². The van der Waals surface area contributed by atoms with Gasteiger partial charge in [0.15, 0.2) is 0 Å². The predicted molar refractivity (Wildman–Crippen MR) is 89.8 cm³/mol. The number of amides is 3. The summed E-state index contributed by atoms with van der Waals surface area (Å²) in [6, 6.07) is 2.66. The summed E-state index contributed by atoms with van der Waals surface area (Å²) in [4.78, 5) is 23.1. The molecule has 0 aromatic heterocycles. The second-order valence-corrected chi connectivity index (χ2v) is 6.58. The molecule has 0 bridgehead atoms. The van der Waals surface area contributed by atoms with E-state index in [2.05, 4.69) is 63.7 Å². The first-order valence-corrected chi connectivity index (χ1v) is 8.22. The highest BCUT2D eigenvalue weighted by atomic mass is 79.9. The number of nitrogens with one attached hydrogen (secondary N) is 3. The van der Waals surface area contributed by atoms with Crippen molar-refractivity contribution in [1.82, 2.24) is 10.6 Å². The number of carbonyl (C=O) groups is 2. The van der Waals surface area contributed by atoms with Crippen molar-refractivity contribution < 1.29 is 9.59 Å². The van der Waals surface area contributed by atoms with Crippen LogP contribution in [-0.2, 0) is 4.79 Å². The van der Waals surface area contributed by atoms with Crippen molar-refractivity contribution in [2.75, 3.05) is 11.9 Å². The van der Waals surface area contributed by atoms with Gasteiger partial charge in [-0.3, -0.25) is 10.1 Å². The van der Waals surface area contributed by atoms with E-state index in [1.54, 1.807) is 13.8 Å². The fraction of sp³-hybridized carbons (Fsp3) is 0.333. The molecule has 0 fully saturated rings. The van der Waals surface area contributed by atoms with Crippen LogP contribution in [0.15, 0.2) is 25.6 Å². The van der Waals surface area contributed by atoms with E-state index >= 15 is 0 Å². The van der Waals surface area contributed by atoms with Gasteiger partial charge >= 0.3 is 6.03 Å². The van der Waals surface area contributed by atoms with Crippen molar-refractivity contribution in [2.24, 2.45) is 0 Å². The van der Waals surface area contributed by atoms with Gasteiger partial charge in [-0.1, -0.05) is 15.9 Å². The van der Waals surface area contributed by atoms with Crippen molar-refractivity contribution in [2.45, 2.75) is 19.9 Å². The number of imide groups is 1. The molecule has 0 radical (unpaired) electrons. The molecule has 0 spiro atoms. The number of hydrogen-bond acceptors (Lipinski definition) is 3. The lowest BCUT2D eigenvalue weighted by molar-refractivity contribution is -0.120. The average Bonchev–Trinajstić information content (AvgIpc) is 2.33. The maximum Gasteiger partial charge on any atom is 0.321 e. The molecule has 1 atom stereocenters. The van der Waals surface area contributed by atoms with Crippen LogP contribution in [0.5, 0.6) is 0 Å². The molecule has 110 valence electrons. The maximum atomic E-state index is 11.8. The van der Waals surface area contributed by atoms with Gasteiger partial charge in [0, 0.05) is 20.0 Å². The van der Waals surface area contributed by atoms with E-state index in [1.165, 1.54) is 0 Å². The number of benzene rings is 1. The van der Waals surface area contributed by atoms with Crippen LogP contribution in [-0.4, -0.2) is 24.5 Å². The SMILES string of the molecule is CCNC(=O)NC(=O)C(C)Nc1c(Br)cc(Br)cc1Br. The summed E-state index contributed by atoms with van der Waals surface area (Å²) in [7, 11) is 0. The lowest BCUT2D eigenvalue weighted by Gasteiger charge is -2.17. The zero-order valence-corrected chi connectivity index (χ0v) is 15.6. The van der Waals surface area contributed by atoms with Crippen LogP contribution in [0.4, 0.5) is 10.5 Å². The molecule has 1 unspecified atom stereocenters. The molecule has 3 N–H and O–H groups in total. The molecule has 0 saturated heterocycles. The molecule has 0 heterocycles. The molecule has 0 saturated carbocycles. The standard InChI is InChI=1S/C12H14Br3N3O2/c1-3-16-12(20)18-11(19)6(2)17-10-8(14)4-7(13)5-9(10)15/h4-6,17H,3H2,1-2H3,(H2,16,18,19,20). The topological polar surface area (TPSA) is 70.2 Å². The summed E-state index contributed by atoms with van der Waals surface area (Å²) in [5.74, 6) is -0.405. The quantitative estimate of drug-likeness (QED) is 0.628. The first-order valence-electron chi connectivity index (χ1n) is 5.85. The number of anilines is 1. The summed E-state index contributed by atoms with van der Waals surface area (Å²) in [6.07, 6.45) is 0. The number of hydrogen-bond donors (Lipinski definition) is 3. The Morgan fingerprint density at radius 3 is 2.25 bits per heavy atom. The highest BCUT2D eigenvalue weighted by molar-refractivity contribution is 9.11. The molecule has 8 heteroatoms. The molecule has 1 aromatic carbocycles. The Hall–Kier alpha value is -0.600. The third kappa shape index (κ3) is 5.06. The lowest BCUT2D eigenvalue weighted by atomic mass is 10.2. The Kier molecular flexibility index (Phi) is 6.97. The van der Waals surface area contributed by atoms with Crippen LogP contribution < -0.4 is 16.0 Å². The Bertz CT molecular complexity index is 500. The minimum Gasteiger partial charge on any atom is -0.372 e. The van der Waals surface area contributed by atoms with E-state index < -0.39 is 18.0 Å². The highest BCUT2D eigenvalue weighted by Gasteiger charge is 2.17. The molecular weight excluding hydrogens is 458 g/mol. The molecular formula is C12H14Br3N3O2. The molecule has 20 heavy (non-hydrogen) atoms. The van der Waals surface area contributed by atoms with Crippen molar-refractivity contribution in [1.29, 1.82) is 0 Å². The van der Waals surface area contributed by atoms with E-state index in [0.717, 1.165) is 19.1 Å². The second-order valence-electron chi connectivity index (χ2n) is 3.96. The monoisotopic (exact) mass is 469 g/mol. The van der Waals surface area contributed by atoms with Gasteiger partial charge in [0.25, 0.3) is 0 Å². The van der Waals surface area contributed by atoms with E-state index in [0.29, 0.717) is 6.54 Å². The van der Waals surface area contributed by atoms with Gasteiger partial charge in [0.05, 0.1) is 5.69 Å². The summed E-state index contributed by atoms with van der Waals surface area (Å²) in [5.41, 5.74) is 0.742. The minimum absolute atomic E-state index is 0.405. The fourth-order valence-corrected chi connectivity index (χ4v) is 3.87. The zero-order valence-electron chi connectivity index (χ0n) is 10.9. The lowest BCUT2D eigenvalue weighted by Crippen LogP contribution is -2.45. The van der Waals surface area contributed by atoms with Gasteiger partial charge < -0.3 is 10.6 Å². The van der Waals surface area contributed by atoms with Crippen molar-refractivity contribution in [3.63, 3.8) is 0 Å². The summed E-state index contributed by atoms with van der Waals surface area (Å²) in [5, 5.41) is 7.81. The molecule has 5 nitrogen and oxygen atoms in total. The first kappa shape index (κ1) is 17.5. The number of urea groups is 1. The highest BCUT2D eigenvalue weighted by Crippen LogP contribution is 2.34. The Morgan fingerprint density at radius 2 is 1.75 bits per heavy atom. The number of rotatable bonds is 4. The van der Waals surface area contributed by atoms with Crippen LogP contribution >= 0.6 is 47.8 Å². The molecule has 1 aromatic rings. The van der Waals surface area contributed by atoms with Gasteiger partial charge in [-0.25, -0.2) is 4.79 Å². The Morgan fingerprint density at radius 1 is 1.20 bits per heavy atom. The molecule has 0 aliphatic rings. The van der Waals surface area contributed by atoms with Crippen LogP contribution in [0.1, 0.15) is 13.8 Å². The molecule has 3 amide bonds. The largest absolute Gasteiger partial charge is 0.372 e. The van der Waals surface area contributed by atoms with Crippen LogP contribution in [0.25, 0.3) is 0 Å². The average molecular weight is 472 g/mol. The van der Waals surface area contributed by atoms with Crippen LogP contribution in [0, 0.1) is 0 Å². The van der Waals surface area contributed by atoms with Crippen molar-refractivity contribution in [3.05, 3.63) is 25.6 Å². The van der Waals surface area contributed by atoms with Gasteiger partial charge in [-0.05, 0) is 57.8 Å². The number of carbonyl (C=O) groups excluding carboxylic acids is 2. The maximum absolute atomic E-state index is 11.8.